The van der Waals surface area contributed by atoms with Gasteiger partial charge in [-0.3, -0.25) is 0 Å². The highest BCUT2D eigenvalue weighted by molar-refractivity contribution is 6.38. The van der Waals surface area contributed by atoms with Gasteiger partial charge in [-0.2, -0.15) is 0 Å². The van der Waals surface area contributed by atoms with Crippen molar-refractivity contribution in [2.75, 3.05) is 0 Å². The monoisotopic (exact) mass is 162 g/mol. The van der Waals surface area contributed by atoms with Gasteiger partial charge in [0.05, 0.1) is 0 Å². The molecule has 0 spiro atoms. The summed E-state index contributed by atoms with van der Waals surface area (Å²) in [6.07, 6.45) is 12.2. The van der Waals surface area contributed by atoms with Crippen LogP contribution in [-0.4, -0.2) is 20.4 Å². The second-order valence-corrected chi connectivity index (χ2v) is 5.96. The van der Waals surface area contributed by atoms with Gasteiger partial charge in [-0.15, -0.1) is 14.7 Å². The SMILES string of the molecule is CC=C[CH2][Mg][CH]1CCCCC1. The Bertz CT molecular complexity index is 112. The van der Waals surface area contributed by atoms with E-state index in [0.717, 1.165) is 0 Å². The summed E-state index contributed by atoms with van der Waals surface area (Å²) in [5.74, 6) is 0. The predicted octanol–water partition coefficient (Wildman–Crippen LogP) is 3.44. The number of hydrogen-bond acceptors (Lipinski definition) is 0. The van der Waals surface area contributed by atoms with Gasteiger partial charge >= 0.3 is 20.4 Å². The second-order valence-electron chi connectivity index (χ2n) is 3.65. The molecule has 0 aromatic heterocycles. The minimum absolute atomic E-state index is 0.268. The summed E-state index contributed by atoms with van der Waals surface area (Å²) in [7, 11) is 0. The molecule has 0 amide bonds. The molecule has 0 saturated heterocycles. The highest BCUT2D eigenvalue weighted by Gasteiger charge is 2.13. The average Bonchev–Trinajstić information content (AvgIpc) is 2.07. The van der Waals surface area contributed by atoms with Crippen molar-refractivity contribution in [3.8, 4) is 0 Å². The van der Waals surface area contributed by atoms with Gasteiger partial charge in [-0.25, -0.2) is 0 Å². The molecule has 0 atom stereocenters. The molecular weight excluding hydrogens is 144 g/mol. The molecule has 0 radical (unpaired) electrons. The standard InChI is InChI=1S/C6H11.C4H7.Mg/c1-2-4-6-5-3-1;1-3-4-2;/h1H,2-6H2;3-4H,1H2,2H3;. The van der Waals surface area contributed by atoms with Crippen molar-refractivity contribution in [2.45, 2.75) is 47.6 Å². The van der Waals surface area contributed by atoms with Crippen LogP contribution in [0.25, 0.3) is 0 Å². The fraction of sp³-hybridized carbons (Fsp3) is 0.800. The van der Waals surface area contributed by atoms with E-state index in [0.29, 0.717) is 0 Å². The van der Waals surface area contributed by atoms with E-state index >= 15 is 0 Å². The van der Waals surface area contributed by atoms with Gasteiger partial charge in [0.15, 0.2) is 0 Å². The van der Waals surface area contributed by atoms with Gasteiger partial charge in [0.2, 0.25) is 0 Å². The number of rotatable bonds is 3. The Labute approximate surface area is 80.2 Å². The third kappa shape index (κ3) is 4.17. The lowest BCUT2D eigenvalue weighted by Crippen LogP contribution is -2.06. The van der Waals surface area contributed by atoms with E-state index in [1.165, 1.54) is 27.9 Å². The molecule has 1 saturated carbocycles. The van der Waals surface area contributed by atoms with Crippen LogP contribution in [-0.2, 0) is 0 Å². The van der Waals surface area contributed by atoms with Crippen LogP contribution in [0.4, 0.5) is 0 Å². The average molecular weight is 163 g/mol. The van der Waals surface area contributed by atoms with Crippen molar-refractivity contribution in [3.63, 3.8) is 0 Å². The van der Waals surface area contributed by atoms with Crippen molar-refractivity contribution in [1.82, 2.24) is 0 Å². The van der Waals surface area contributed by atoms with Crippen LogP contribution in [0.2, 0.25) is 8.60 Å². The second kappa shape index (κ2) is 6.07. The topological polar surface area (TPSA) is 0 Å². The molecule has 1 fully saturated rings. The van der Waals surface area contributed by atoms with Crippen LogP contribution < -0.4 is 0 Å². The summed E-state index contributed by atoms with van der Waals surface area (Å²) in [5.41, 5.74) is 0. The summed E-state index contributed by atoms with van der Waals surface area (Å²) in [4.78, 5) is 0. The summed E-state index contributed by atoms with van der Waals surface area (Å²) in [6.45, 7) is 2.13. The minimum Gasteiger partial charge on any atom is -0.134 e. The fourth-order valence-corrected chi connectivity index (χ4v) is 4.13. The Kier molecular flexibility index (Phi) is 5.29. The third-order valence-corrected chi connectivity index (χ3v) is 5.00. The van der Waals surface area contributed by atoms with E-state index < -0.39 is 0 Å². The van der Waals surface area contributed by atoms with E-state index in [-0.39, 0.29) is 20.4 Å². The number of hydrogen-bond donors (Lipinski definition) is 0. The Morgan fingerprint density at radius 1 is 1.27 bits per heavy atom. The van der Waals surface area contributed by atoms with Crippen molar-refractivity contribution < 1.29 is 0 Å². The minimum atomic E-state index is 0.268. The first-order valence-corrected chi connectivity index (χ1v) is 6.86. The van der Waals surface area contributed by atoms with E-state index in [1.807, 2.05) is 0 Å². The third-order valence-electron chi connectivity index (χ3n) is 2.70. The van der Waals surface area contributed by atoms with Crippen LogP contribution in [0.1, 0.15) is 39.0 Å². The van der Waals surface area contributed by atoms with Gasteiger partial charge in [-0.1, -0.05) is 38.2 Å². The van der Waals surface area contributed by atoms with Gasteiger partial charge in [0.1, 0.15) is 0 Å². The predicted molar refractivity (Wildman–Crippen MR) is 52.2 cm³/mol. The Morgan fingerprint density at radius 2 is 2.00 bits per heavy atom. The molecule has 60 valence electrons. The molecule has 0 nitrogen and oxygen atoms in total. The molecule has 1 rings (SSSR count). The summed E-state index contributed by atoms with van der Waals surface area (Å²) < 4.78 is 2.64. The fourth-order valence-electron chi connectivity index (χ4n) is 1.97. The highest BCUT2D eigenvalue weighted by Crippen LogP contribution is 2.28. The molecule has 0 aromatic rings. The van der Waals surface area contributed by atoms with Crippen molar-refractivity contribution >= 4 is 20.4 Å². The highest BCUT2D eigenvalue weighted by atomic mass is 24.5. The molecule has 0 unspecified atom stereocenters. The smallest absolute Gasteiger partial charge is 0.134 e. The molecule has 0 aliphatic heterocycles. The molecule has 0 N–H and O–H groups in total. The van der Waals surface area contributed by atoms with Gasteiger partial charge in [0.25, 0.3) is 0 Å². The Morgan fingerprint density at radius 3 is 2.64 bits per heavy atom. The van der Waals surface area contributed by atoms with Crippen LogP contribution >= 0.6 is 0 Å². The molecule has 0 bridgehead atoms. The van der Waals surface area contributed by atoms with Crippen LogP contribution in [0, 0.1) is 0 Å². The maximum absolute atomic E-state index is 2.36. The zero-order valence-electron chi connectivity index (χ0n) is 7.68. The molecule has 0 aromatic carbocycles. The quantitative estimate of drug-likeness (QED) is 0.441. The van der Waals surface area contributed by atoms with E-state index in [4.69, 9.17) is 0 Å². The molecule has 0 heterocycles. The molecule has 1 aliphatic carbocycles. The summed E-state index contributed by atoms with van der Waals surface area (Å²) >= 11 is 0.268. The lowest BCUT2D eigenvalue weighted by Gasteiger charge is -2.20. The van der Waals surface area contributed by atoms with Crippen molar-refractivity contribution in [3.05, 3.63) is 12.2 Å². The molecule has 1 heteroatoms. The Balaban J connectivity index is 2.04. The maximum Gasteiger partial charge on any atom is 0.374 e. The first-order chi connectivity index (χ1) is 5.43. The zero-order valence-corrected chi connectivity index (χ0v) is 9.10. The molecule has 1 aliphatic rings. The van der Waals surface area contributed by atoms with E-state index in [2.05, 4.69) is 19.1 Å². The van der Waals surface area contributed by atoms with Gasteiger partial charge in [-0.05, 0) is 6.92 Å². The van der Waals surface area contributed by atoms with E-state index in [9.17, 15) is 0 Å². The summed E-state index contributed by atoms with van der Waals surface area (Å²) in [6, 6.07) is 0. The molecular formula is C10H18Mg. The van der Waals surface area contributed by atoms with E-state index in [1.54, 1.807) is 12.8 Å². The first-order valence-electron chi connectivity index (χ1n) is 5.04. The number of allylic oxidation sites excluding steroid dienone is 2. The normalized spacial score (nSPS) is 20.5. The van der Waals surface area contributed by atoms with Gasteiger partial charge < -0.3 is 0 Å². The maximum atomic E-state index is 2.36. The van der Waals surface area contributed by atoms with Crippen LogP contribution in [0.3, 0.4) is 0 Å². The first kappa shape index (κ1) is 9.59. The lowest BCUT2D eigenvalue weighted by atomic mass is 10.00. The van der Waals surface area contributed by atoms with Crippen molar-refractivity contribution in [1.29, 1.82) is 0 Å². The van der Waals surface area contributed by atoms with Crippen LogP contribution in [0.15, 0.2) is 12.2 Å². The van der Waals surface area contributed by atoms with Gasteiger partial charge in [0, 0.05) is 0 Å². The molecule has 11 heavy (non-hydrogen) atoms. The van der Waals surface area contributed by atoms with Crippen LogP contribution in [0.5, 0.6) is 0 Å². The summed E-state index contributed by atoms with van der Waals surface area (Å²) in [5, 5.41) is 0. The lowest BCUT2D eigenvalue weighted by molar-refractivity contribution is 0.500. The zero-order chi connectivity index (χ0) is 7.94. The van der Waals surface area contributed by atoms with Crippen molar-refractivity contribution in [2.24, 2.45) is 0 Å². The Hall–Kier alpha value is 0.506. The largest absolute Gasteiger partial charge is 0.374 e.